The van der Waals surface area contributed by atoms with Crippen LogP contribution in [0.2, 0.25) is 5.02 Å². The Hall–Kier alpha value is -1.70. The first-order chi connectivity index (χ1) is 8.95. The SMILES string of the molecule is C#CCNC(=O)C(C)Oc1ccc(C(C)N)cc1Cl. The number of nitrogens with two attached hydrogens (primary N) is 1. The summed E-state index contributed by atoms with van der Waals surface area (Å²) >= 11 is 6.08. The Morgan fingerprint density at radius 2 is 2.26 bits per heavy atom. The molecule has 4 nitrogen and oxygen atoms in total. The summed E-state index contributed by atoms with van der Waals surface area (Å²) in [6.45, 7) is 3.66. The zero-order valence-corrected chi connectivity index (χ0v) is 11.7. The molecule has 0 aliphatic carbocycles. The van der Waals surface area contributed by atoms with Crippen molar-refractivity contribution in [2.45, 2.75) is 26.0 Å². The Morgan fingerprint density at radius 3 is 2.79 bits per heavy atom. The van der Waals surface area contributed by atoms with E-state index in [2.05, 4.69) is 11.2 Å². The minimum Gasteiger partial charge on any atom is -0.479 e. The van der Waals surface area contributed by atoms with E-state index in [0.29, 0.717) is 10.8 Å². The van der Waals surface area contributed by atoms with Crippen LogP contribution in [0.3, 0.4) is 0 Å². The summed E-state index contributed by atoms with van der Waals surface area (Å²) in [7, 11) is 0. The molecule has 0 saturated heterocycles. The molecule has 5 heteroatoms. The van der Waals surface area contributed by atoms with E-state index in [4.69, 9.17) is 28.5 Å². The Bertz CT molecular complexity index is 495. The fourth-order valence-corrected chi connectivity index (χ4v) is 1.66. The lowest BCUT2D eigenvalue weighted by Crippen LogP contribution is -2.36. The third-order valence-electron chi connectivity index (χ3n) is 2.52. The third kappa shape index (κ3) is 4.47. The molecule has 0 aromatic heterocycles. The second-order valence-corrected chi connectivity index (χ2v) is 4.57. The number of amides is 1. The molecule has 3 N–H and O–H groups in total. The van der Waals surface area contributed by atoms with Crippen molar-refractivity contribution in [2.24, 2.45) is 5.73 Å². The van der Waals surface area contributed by atoms with Gasteiger partial charge < -0.3 is 15.8 Å². The Balaban J connectivity index is 2.72. The summed E-state index contributed by atoms with van der Waals surface area (Å²) in [6, 6.07) is 5.14. The predicted octanol–water partition coefficient (Wildman–Crippen LogP) is 1.88. The minimum atomic E-state index is -0.674. The van der Waals surface area contributed by atoms with Gasteiger partial charge in [-0.05, 0) is 31.5 Å². The number of hydrogen-bond donors (Lipinski definition) is 2. The third-order valence-corrected chi connectivity index (χ3v) is 2.81. The van der Waals surface area contributed by atoms with Crippen molar-refractivity contribution in [3.8, 4) is 18.1 Å². The van der Waals surface area contributed by atoms with Gasteiger partial charge in [0.15, 0.2) is 6.10 Å². The number of carbonyl (C=O) groups is 1. The monoisotopic (exact) mass is 280 g/mol. The topological polar surface area (TPSA) is 64.3 Å². The number of halogens is 1. The van der Waals surface area contributed by atoms with Gasteiger partial charge in [-0.1, -0.05) is 23.6 Å². The lowest BCUT2D eigenvalue weighted by Gasteiger charge is -2.16. The van der Waals surface area contributed by atoms with Gasteiger partial charge in [-0.25, -0.2) is 0 Å². The van der Waals surface area contributed by atoms with Crippen molar-refractivity contribution < 1.29 is 9.53 Å². The second kappa shape index (κ2) is 7.03. The highest BCUT2D eigenvalue weighted by molar-refractivity contribution is 6.32. The molecule has 19 heavy (non-hydrogen) atoms. The van der Waals surface area contributed by atoms with E-state index in [1.54, 1.807) is 19.1 Å². The highest BCUT2D eigenvalue weighted by Crippen LogP contribution is 2.28. The van der Waals surface area contributed by atoms with Gasteiger partial charge in [0.25, 0.3) is 5.91 Å². The number of benzene rings is 1. The first kappa shape index (κ1) is 15.4. The molecule has 1 amide bonds. The highest BCUT2D eigenvalue weighted by Gasteiger charge is 2.15. The Morgan fingerprint density at radius 1 is 1.58 bits per heavy atom. The first-order valence-corrected chi connectivity index (χ1v) is 6.26. The van der Waals surface area contributed by atoms with Crippen LogP contribution in [-0.2, 0) is 4.79 Å². The lowest BCUT2D eigenvalue weighted by molar-refractivity contribution is -0.126. The zero-order chi connectivity index (χ0) is 14.4. The van der Waals surface area contributed by atoms with E-state index in [1.165, 1.54) is 0 Å². The molecule has 2 atom stereocenters. The number of ether oxygens (including phenoxy) is 1. The van der Waals surface area contributed by atoms with Crippen molar-refractivity contribution in [2.75, 3.05) is 6.54 Å². The van der Waals surface area contributed by atoms with Gasteiger partial charge in [-0.3, -0.25) is 4.79 Å². The summed E-state index contributed by atoms with van der Waals surface area (Å²) in [5, 5.41) is 2.96. The van der Waals surface area contributed by atoms with Gasteiger partial charge in [0, 0.05) is 6.04 Å². The maximum Gasteiger partial charge on any atom is 0.261 e. The fourth-order valence-electron chi connectivity index (χ4n) is 1.42. The summed E-state index contributed by atoms with van der Waals surface area (Å²) in [5.74, 6) is 2.47. The van der Waals surface area contributed by atoms with E-state index in [0.717, 1.165) is 5.56 Å². The first-order valence-electron chi connectivity index (χ1n) is 5.88. The highest BCUT2D eigenvalue weighted by atomic mass is 35.5. The molecule has 0 saturated carbocycles. The van der Waals surface area contributed by atoms with Crippen LogP contribution in [0, 0.1) is 12.3 Å². The molecule has 0 heterocycles. The van der Waals surface area contributed by atoms with Crippen LogP contribution in [0.1, 0.15) is 25.5 Å². The van der Waals surface area contributed by atoms with Crippen LogP contribution < -0.4 is 15.8 Å². The Labute approximate surface area is 118 Å². The van der Waals surface area contributed by atoms with Gasteiger partial charge >= 0.3 is 0 Å². The van der Waals surface area contributed by atoms with Gasteiger partial charge in [0.1, 0.15) is 5.75 Å². The van der Waals surface area contributed by atoms with E-state index in [1.807, 2.05) is 13.0 Å². The lowest BCUT2D eigenvalue weighted by atomic mass is 10.1. The molecule has 0 fully saturated rings. The van der Waals surface area contributed by atoms with E-state index < -0.39 is 6.10 Å². The zero-order valence-electron chi connectivity index (χ0n) is 10.9. The van der Waals surface area contributed by atoms with Gasteiger partial charge in [-0.2, -0.15) is 0 Å². The van der Waals surface area contributed by atoms with Crippen molar-refractivity contribution >= 4 is 17.5 Å². The van der Waals surface area contributed by atoms with Crippen LogP contribution in [-0.4, -0.2) is 18.6 Å². The number of carbonyl (C=O) groups excluding carboxylic acids is 1. The quantitative estimate of drug-likeness (QED) is 0.810. The molecule has 0 aliphatic rings. The van der Waals surface area contributed by atoms with Crippen molar-refractivity contribution in [3.63, 3.8) is 0 Å². The van der Waals surface area contributed by atoms with E-state index in [9.17, 15) is 4.79 Å². The molecule has 0 aliphatic heterocycles. The number of terminal acetylenes is 1. The van der Waals surface area contributed by atoms with Gasteiger partial charge in [-0.15, -0.1) is 6.42 Å². The molecule has 1 aromatic carbocycles. The molecule has 1 rings (SSSR count). The van der Waals surface area contributed by atoms with Gasteiger partial charge in [0.05, 0.1) is 11.6 Å². The predicted molar refractivity (Wildman–Crippen MR) is 76.0 cm³/mol. The summed E-state index contributed by atoms with van der Waals surface area (Å²) in [4.78, 5) is 11.6. The fraction of sp³-hybridized carbons (Fsp3) is 0.357. The minimum absolute atomic E-state index is 0.108. The molecule has 0 bridgehead atoms. The molecule has 2 unspecified atom stereocenters. The maximum absolute atomic E-state index is 11.6. The summed E-state index contributed by atoms with van der Waals surface area (Å²) in [6.07, 6.45) is 4.39. The Kier molecular flexibility index (Phi) is 5.68. The second-order valence-electron chi connectivity index (χ2n) is 4.16. The largest absolute Gasteiger partial charge is 0.479 e. The van der Waals surface area contributed by atoms with Crippen molar-refractivity contribution in [1.29, 1.82) is 0 Å². The number of rotatable bonds is 5. The van der Waals surface area contributed by atoms with Crippen LogP contribution in [0.4, 0.5) is 0 Å². The molecule has 0 radical (unpaired) electrons. The van der Waals surface area contributed by atoms with E-state index >= 15 is 0 Å². The average molecular weight is 281 g/mol. The molecule has 1 aromatic rings. The van der Waals surface area contributed by atoms with Crippen LogP contribution in [0.5, 0.6) is 5.75 Å². The average Bonchev–Trinajstić information content (AvgIpc) is 2.37. The standard InChI is InChI=1S/C14H17ClN2O2/c1-4-7-17-14(18)10(3)19-13-6-5-11(9(2)16)8-12(13)15/h1,5-6,8-10H,7,16H2,2-3H3,(H,17,18). The summed E-state index contributed by atoms with van der Waals surface area (Å²) in [5.41, 5.74) is 6.66. The smallest absolute Gasteiger partial charge is 0.261 e. The molecule has 102 valence electrons. The summed E-state index contributed by atoms with van der Waals surface area (Å²) < 4.78 is 5.49. The van der Waals surface area contributed by atoms with Crippen LogP contribution >= 0.6 is 11.6 Å². The number of nitrogens with one attached hydrogen (secondary N) is 1. The van der Waals surface area contributed by atoms with E-state index in [-0.39, 0.29) is 18.5 Å². The normalized spacial score (nSPS) is 13.2. The van der Waals surface area contributed by atoms with Crippen LogP contribution in [0.15, 0.2) is 18.2 Å². The number of hydrogen-bond acceptors (Lipinski definition) is 3. The molecule has 0 spiro atoms. The van der Waals surface area contributed by atoms with Crippen molar-refractivity contribution in [3.05, 3.63) is 28.8 Å². The maximum atomic E-state index is 11.6. The molecular weight excluding hydrogens is 264 g/mol. The van der Waals surface area contributed by atoms with Crippen molar-refractivity contribution in [1.82, 2.24) is 5.32 Å². The van der Waals surface area contributed by atoms with Crippen LogP contribution in [0.25, 0.3) is 0 Å². The van der Waals surface area contributed by atoms with Gasteiger partial charge in [0.2, 0.25) is 0 Å². The molecular formula is C14H17ClN2O2.